The lowest BCUT2D eigenvalue weighted by molar-refractivity contribution is -0.135. The zero-order chi connectivity index (χ0) is 21.1. The summed E-state index contributed by atoms with van der Waals surface area (Å²) in [4.78, 5) is 29.5. The molecule has 0 saturated carbocycles. The van der Waals surface area contributed by atoms with Gasteiger partial charge in [-0.2, -0.15) is 0 Å². The van der Waals surface area contributed by atoms with Crippen molar-refractivity contribution >= 4 is 17.5 Å². The summed E-state index contributed by atoms with van der Waals surface area (Å²) in [5, 5.41) is 0. The van der Waals surface area contributed by atoms with Gasteiger partial charge in [0.1, 0.15) is 11.6 Å². The molecule has 0 bridgehead atoms. The molecule has 0 aliphatic carbocycles. The van der Waals surface area contributed by atoms with Gasteiger partial charge in [0.15, 0.2) is 0 Å². The van der Waals surface area contributed by atoms with Crippen LogP contribution in [-0.2, 0) is 9.59 Å². The minimum atomic E-state index is -0.337. The van der Waals surface area contributed by atoms with Gasteiger partial charge in [0.2, 0.25) is 11.8 Å². The predicted octanol–water partition coefficient (Wildman–Crippen LogP) is 3.98. The van der Waals surface area contributed by atoms with Crippen molar-refractivity contribution in [1.82, 2.24) is 4.90 Å². The number of rotatable bonds is 4. The summed E-state index contributed by atoms with van der Waals surface area (Å²) >= 11 is 0. The molecule has 2 atom stereocenters. The Bertz CT molecular complexity index is 915. The van der Waals surface area contributed by atoms with Gasteiger partial charge in [-0.25, -0.2) is 4.39 Å². The van der Waals surface area contributed by atoms with Gasteiger partial charge in [-0.3, -0.25) is 9.59 Å². The van der Waals surface area contributed by atoms with Crippen LogP contribution in [0, 0.1) is 11.7 Å². The van der Waals surface area contributed by atoms with Crippen molar-refractivity contribution < 1.29 is 18.7 Å². The van der Waals surface area contributed by atoms with Gasteiger partial charge in [0.25, 0.3) is 0 Å². The van der Waals surface area contributed by atoms with E-state index in [4.69, 9.17) is 4.74 Å². The molecule has 2 aromatic carbocycles. The first-order valence-corrected chi connectivity index (χ1v) is 10.5. The van der Waals surface area contributed by atoms with Crippen molar-refractivity contribution in [2.45, 2.75) is 31.6 Å². The Morgan fingerprint density at radius 3 is 2.67 bits per heavy atom. The second-order valence-corrected chi connectivity index (χ2v) is 8.14. The van der Waals surface area contributed by atoms with Crippen LogP contribution in [0.15, 0.2) is 48.5 Å². The Hall–Kier alpha value is -2.89. The number of ether oxygens (including phenoxy) is 1. The molecule has 30 heavy (non-hydrogen) atoms. The van der Waals surface area contributed by atoms with E-state index in [1.807, 2.05) is 41.3 Å². The predicted molar refractivity (Wildman–Crippen MR) is 113 cm³/mol. The summed E-state index contributed by atoms with van der Waals surface area (Å²) in [6, 6.07) is 14.0. The number of nitrogens with zero attached hydrogens (tertiary/aromatic N) is 2. The maximum Gasteiger partial charge on any atom is 0.228 e. The van der Waals surface area contributed by atoms with E-state index in [1.165, 1.54) is 12.1 Å². The second-order valence-electron chi connectivity index (χ2n) is 8.14. The number of halogens is 1. The van der Waals surface area contributed by atoms with Crippen LogP contribution in [0.4, 0.5) is 10.1 Å². The van der Waals surface area contributed by atoms with Gasteiger partial charge in [-0.05, 0) is 42.7 Å². The minimum absolute atomic E-state index is 0.0356. The highest BCUT2D eigenvalue weighted by molar-refractivity contribution is 6.00. The van der Waals surface area contributed by atoms with E-state index in [9.17, 15) is 14.0 Å². The monoisotopic (exact) mass is 410 g/mol. The molecule has 2 aromatic rings. The van der Waals surface area contributed by atoms with Crippen molar-refractivity contribution in [3.63, 3.8) is 0 Å². The van der Waals surface area contributed by atoms with Gasteiger partial charge >= 0.3 is 0 Å². The topological polar surface area (TPSA) is 49.9 Å². The summed E-state index contributed by atoms with van der Waals surface area (Å²) in [7, 11) is 1.59. The van der Waals surface area contributed by atoms with Crippen LogP contribution in [-0.4, -0.2) is 43.5 Å². The molecular formula is C24H27FN2O3. The van der Waals surface area contributed by atoms with E-state index >= 15 is 0 Å². The number of amides is 2. The van der Waals surface area contributed by atoms with Gasteiger partial charge in [0.05, 0.1) is 13.0 Å². The molecule has 0 unspecified atom stereocenters. The summed E-state index contributed by atoms with van der Waals surface area (Å²) < 4.78 is 18.6. The summed E-state index contributed by atoms with van der Waals surface area (Å²) in [6.07, 6.45) is 3.19. The Balaban J connectivity index is 1.46. The Morgan fingerprint density at radius 1 is 1.10 bits per heavy atom. The molecule has 2 fully saturated rings. The van der Waals surface area contributed by atoms with Crippen molar-refractivity contribution in [2.24, 2.45) is 5.92 Å². The van der Waals surface area contributed by atoms with E-state index in [-0.39, 0.29) is 35.9 Å². The first-order valence-electron chi connectivity index (χ1n) is 10.5. The number of hydrogen-bond acceptors (Lipinski definition) is 3. The lowest BCUT2D eigenvalue weighted by atomic mass is 9.94. The number of likely N-dealkylation sites (tertiary alicyclic amines) is 1. The lowest BCUT2D eigenvalue weighted by Crippen LogP contribution is -2.39. The fraction of sp³-hybridized carbons (Fsp3) is 0.417. The summed E-state index contributed by atoms with van der Waals surface area (Å²) in [6.45, 7) is 1.72. The fourth-order valence-electron chi connectivity index (χ4n) is 4.51. The number of carbonyl (C=O) groups excluding carboxylic acids is 2. The molecule has 2 aliphatic rings. The largest absolute Gasteiger partial charge is 0.497 e. The van der Waals surface area contributed by atoms with Gasteiger partial charge in [-0.1, -0.05) is 24.6 Å². The zero-order valence-corrected chi connectivity index (χ0v) is 17.2. The van der Waals surface area contributed by atoms with E-state index < -0.39 is 0 Å². The third-order valence-electron chi connectivity index (χ3n) is 6.16. The van der Waals surface area contributed by atoms with Crippen molar-refractivity contribution in [3.05, 3.63) is 59.9 Å². The van der Waals surface area contributed by atoms with E-state index in [0.29, 0.717) is 25.4 Å². The van der Waals surface area contributed by atoms with Crippen LogP contribution in [0.5, 0.6) is 5.75 Å². The van der Waals surface area contributed by atoms with Crippen molar-refractivity contribution in [2.75, 3.05) is 31.6 Å². The first kappa shape index (κ1) is 20.4. The fourth-order valence-corrected chi connectivity index (χ4v) is 4.51. The molecule has 158 valence electrons. The molecule has 2 amide bonds. The Labute approximate surface area is 176 Å². The van der Waals surface area contributed by atoms with Crippen LogP contribution in [0.1, 0.15) is 37.2 Å². The Kier molecular flexibility index (Phi) is 6.02. The van der Waals surface area contributed by atoms with Gasteiger partial charge in [-0.15, -0.1) is 0 Å². The summed E-state index contributed by atoms with van der Waals surface area (Å²) in [5.74, 6) is 0.306. The quantitative estimate of drug-likeness (QED) is 0.766. The molecule has 2 heterocycles. The SMILES string of the molecule is COc1cccc(N2C[C@H](C(=O)N3CCCC[C@@H](c4ccc(F)cc4)C3)CC2=O)c1. The number of benzene rings is 2. The van der Waals surface area contributed by atoms with Crippen LogP contribution < -0.4 is 9.64 Å². The van der Waals surface area contributed by atoms with E-state index in [1.54, 1.807) is 12.0 Å². The molecule has 0 N–H and O–H groups in total. The normalized spacial score (nSPS) is 22.1. The molecular weight excluding hydrogens is 383 g/mol. The molecule has 2 aliphatic heterocycles. The average Bonchev–Trinajstić information content (AvgIpc) is 2.99. The first-order chi connectivity index (χ1) is 14.5. The number of methoxy groups -OCH3 is 1. The highest BCUT2D eigenvalue weighted by Crippen LogP contribution is 2.31. The van der Waals surface area contributed by atoms with Crippen LogP contribution in [0.3, 0.4) is 0 Å². The van der Waals surface area contributed by atoms with E-state index in [2.05, 4.69) is 0 Å². The van der Waals surface area contributed by atoms with Crippen molar-refractivity contribution in [1.29, 1.82) is 0 Å². The molecule has 0 spiro atoms. The second kappa shape index (κ2) is 8.86. The number of carbonyl (C=O) groups is 2. The molecule has 0 radical (unpaired) electrons. The number of anilines is 1. The highest BCUT2D eigenvalue weighted by Gasteiger charge is 2.38. The standard InChI is InChI=1S/C24H27FN2O3/c1-30-22-7-4-6-21(14-22)27-16-19(13-23(27)28)24(29)26-12-3-2-5-18(15-26)17-8-10-20(25)11-9-17/h4,6-11,14,18-19H,2-3,5,12-13,15-16H2,1H3/t18-,19-/m1/s1. The van der Waals surface area contributed by atoms with Crippen LogP contribution in [0.25, 0.3) is 0 Å². The molecule has 5 nitrogen and oxygen atoms in total. The lowest BCUT2D eigenvalue weighted by Gasteiger charge is -2.27. The third-order valence-corrected chi connectivity index (χ3v) is 6.16. The maximum absolute atomic E-state index is 13.3. The van der Waals surface area contributed by atoms with Gasteiger partial charge < -0.3 is 14.5 Å². The molecule has 4 rings (SSSR count). The zero-order valence-electron chi connectivity index (χ0n) is 17.2. The molecule has 6 heteroatoms. The van der Waals surface area contributed by atoms with Crippen molar-refractivity contribution in [3.8, 4) is 5.75 Å². The molecule has 0 aromatic heterocycles. The molecule has 2 saturated heterocycles. The average molecular weight is 410 g/mol. The Morgan fingerprint density at radius 2 is 1.90 bits per heavy atom. The third kappa shape index (κ3) is 4.32. The maximum atomic E-state index is 13.3. The smallest absolute Gasteiger partial charge is 0.228 e. The highest BCUT2D eigenvalue weighted by atomic mass is 19.1. The van der Waals surface area contributed by atoms with Crippen LogP contribution >= 0.6 is 0 Å². The number of hydrogen-bond donors (Lipinski definition) is 0. The van der Waals surface area contributed by atoms with E-state index in [0.717, 1.165) is 30.5 Å². The minimum Gasteiger partial charge on any atom is -0.497 e. The van der Waals surface area contributed by atoms with Gasteiger partial charge in [0, 0.05) is 43.7 Å². The summed E-state index contributed by atoms with van der Waals surface area (Å²) in [5.41, 5.74) is 1.83. The van der Waals surface area contributed by atoms with Crippen LogP contribution in [0.2, 0.25) is 0 Å².